The molecular formula is C26H35NO2. The van der Waals surface area contributed by atoms with Gasteiger partial charge in [0.1, 0.15) is 11.5 Å². The highest BCUT2D eigenvalue weighted by Crippen LogP contribution is 2.37. The average Bonchev–Trinajstić information content (AvgIpc) is 2.73. The fourth-order valence-electron chi connectivity index (χ4n) is 3.00. The normalized spacial score (nSPS) is 10.8. The van der Waals surface area contributed by atoms with Crippen LogP contribution in [0.15, 0.2) is 48.7 Å². The zero-order valence-corrected chi connectivity index (χ0v) is 19.0. The topological polar surface area (TPSA) is 31.4 Å². The SMILES string of the molecule is CC.Cc1c(OCC(C)C)cc(OCC(C)C)cc1-c1nccc2ccccc12. The van der Waals surface area contributed by atoms with Gasteiger partial charge >= 0.3 is 0 Å². The first-order chi connectivity index (χ1) is 14.0. The van der Waals surface area contributed by atoms with E-state index in [1.54, 1.807) is 0 Å². The fourth-order valence-corrected chi connectivity index (χ4v) is 3.00. The lowest BCUT2D eigenvalue weighted by Gasteiger charge is -2.18. The van der Waals surface area contributed by atoms with Crippen molar-refractivity contribution >= 4 is 10.8 Å². The molecule has 0 aliphatic carbocycles. The van der Waals surface area contributed by atoms with Crippen molar-refractivity contribution in [3.8, 4) is 22.8 Å². The molecule has 0 N–H and O–H groups in total. The minimum Gasteiger partial charge on any atom is -0.493 e. The number of hydrogen-bond donors (Lipinski definition) is 0. The lowest BCUT2D eigenvalue weighted by Crippen LogP contribution is -2.08. The Kier molecular flexibility index (Phi) is 8.50. The molecule has 3 rings (SSSR count). The monoisotopic (exact) mass is 393 g/mol. The number of fused-ring (bicyclic) bond motifs is 1. The lowest BCUT2D eigenvalue weighted by molar-refractivity contribution is 0.257. The molecule has 0 spiro atoms. The van der Waals surface area contributed by atoms with Crippen LogP contribution >= 0.6 is 0 Å². The number of benzene rings is 2. The summed E-state index contributed by atoms with van der Waals surface area (Å²) in [7, 11) is 0. The third kappa shape index (κ3) is 5.96. The van der Waals surface area contributed by atoms with Crippen LogP contribution in [-0.4, -0.2) is 18.2 Å². The molecule has 0 bridgehead atoms. The van der Waals surface area contributed by atoms with Crippen molar-refractivity contribution in [3.63, 3.8) is 0 Å². The van der Waals surface area contributed by atoms with Gasteiger partial charge in [0.2, 0.25) is 0 Å². The zero-order chi connectivity index (χ0) is 21.4. The quantitative estimate of drug-likeness (QED) is 0.422. The number of pyridine rings is 1. The van der Waals surface area contributed by atoms with E-state index >= 15 is 0 Å². The van der Waals surface area contributed by atoms with Gasteiger partial charge in [0, 0.05) is 28.8 Å². The maximum atomic E-state index is 6.11. The van der Waals surface area contributed by atoms with Gasteiger partial charge in [-0.1, -0.05) is 65.8 Å². The number of hydrogen-bond acceptors (Lipinski definition) is 3. The van der Waals surface area contributed by atoms with Gasteiger partial charge in [-0.15, -0.1) is 0 Å². The van der Waals surface area contributed by atoms with Gasteiger partial charge in [-0.3, -0.25) is 4.98 Å². The van der Waals surface area contributed by atoms with Crippen molar-refractivity contribution in [1.29, 1.82) is 0 Å². The van der Waals surface area contributed by atoms with Gasteiger partial charge in [0.05, 0.1) is 18.9 Å². The van der Waals surface area contributed by atoms with Gasteiger partial charge < -0.3 is 9.47 Å². The van der Waals surface area contributed by atoms with E-state index in [4.69, 9.17) is 14.5 Å². The second-order valence-corrected chi connectivity index (χ2v) is 7.88. The van der Waals surface area contributed by atoms with Crippen molar-refractivity contribution in [3.05, 3.63) is 54.2 Å². The Hall–Kier alpha value is -2.55. The van der Waals surface area contributed by atoms with Crippen molar-refractivity contribution in [1.82, 2.24) is 4.98 Å². The summed E-state index contributed by atoms with van der Waals surface area (Å²) >= 11 is 0. The Bertz CT molecular complexity index is 910. The third-order valence-electron chi connectivity index (χ3n) is 4.42. The van der Waals surface area contributed by atoms with Gasteiger partial charge in [-0.05, 0) is 36.3 Å². The van der Waals surface area contributed by atoms with Gasteiger partial charge in [-0.25, -0.2) is 0 Å². The average molecular weight is 394 g/mol. The van der Waals surface area contributed by atoms with Crippen LogP contribution in [0, 0.1) is 18.8 Å². The standard InChI is InChI=1S/C24H29NO2.C2H6/c1-16(2)14-26-20-12-22(18(5)23(13-20)27-15-17(3)4)24-21-9-7-6-8-19(21)10-11-25-24;1-2/h6-13,16-17H,14-15H2,1-5H3;1-2H3. The minimum atomic E-state index is 0.462. The smallest absolute Gasteiger partial charge is 0.126 e. The molecule has 3 heteroatoms. The summed E-state index contributed by atoms with van der Waals surface area (Å²) in [6.45, 7) is 16.1. The molecule has 0 atom stereocenters. The molecule has 1 heterocycles. The molecule has 0 aliphatic rings. The van der Waals surface area contributed by atoms with E-state index in [0.717, 1.165) is 33.7 Å². The molecule has 0 saturated heterocycles. The summed E-state index contributed by atoms with van der Waals surface area (Å²) in [6, 6.07) is 14.5. The summed E-state index contributed by atoms with van der Waals surface area (Å²) in [4.78, 5) is 4.70. The highest BCUT2D eigenvalue weighted by molar-refractivity contribution is 5.95. The predicted molar refractivity (Wildman–Crippen MR) is 124 cm³/mol. The van der Waals surface area contributed by atoms with E-state index < -0.39 is 0 Å². The molecule has 0 unspecified atom stereocenters. The first-order valence-electron chi connectivity index (χ1n) is 10.7. The molecule has 0 radical (unpaired) electrons. The van der Waals surface area contributed by atoms with E-state index in [9.17, 15) is 0 Å². The van der Waals surface area contributed by atoms with Gasteiger partial charge in [-0.2, -0.15) is 0 Å². The summed E-state index contributed by atoms with van der Waals surface area (Å²) in [6.07, 6.45) is 1.87. The van der Waals surface area contributed by atoms with Crippen molar-refractivity contribution < 1.29 is 9.47 Å². The van der Waals surface area contributed by atoms with Crippen LogP contribution < -0.4 is 9.47 Å². The van der Waals surface area contributed by atoms with Gasteiger partial charge in [0.15, 0.2) is 0 Å². The summed E-state index contributed by atoms with van der Waals surface area (Å²) in [5, 5.41) is 2.32. The van der Waals surface area contributed by atoms with Crippen LogP contribution in [0.25, 0.3) is 22.0 Å². The number of nitrogens with zero attached hydrogens (tertiary/aromatic N) is 1. The molecule has 0 saturated carbocycles. The Labute approximate surface area is 176 Å². The van der Waals surface area contributed by atoms with Crippen LogP contribution in [0.1, 0.15) is 47.1 Å². The second kappa shape index (κ2) is 10.8. The molecule has 29 heavy (non-hydrogen) atoms. The van der Waals surface area contributed by atoms with E-state index in [1.165, 1.54) is 5.39 Å². The van der Waals surface area contributed by atoms with Crippen molar-refractivity contribution in [2.45, 2.75) is 48.5 Å². The minimum absolute atomic E-state index is 0.462. The third-order valence-corrected chi connectivity index (χ3v) is 4.42. The molecule has 3 nitrogen and oxygen atoms in total. The molecule has 0 fully saturated rings. The lowest BCUT2D eigenvalue weighted by atomic mass is 9.99. The predicted octanol–water partition coefficient (Wildman–Crippen LogP) is 7.31. The highest BCUT2D eigenvalue weighted by atomic mass is 16.5. The van der Waals surface area contributed by atoms with E-state index in [0.29, 0.717) is 25.0 Å². The maximum absolute atomic E-state index is 6.11. The Morgan fingerprint density at radius 2 is 1.52 bits per heavy atom. The van der Waals surface area contributed by atoms with Crippen LogP contribution in [-0.2, 0) is 0 Å². The Morgan fingerprint density at radius 3 is 2.21 bits per heavy atom. The largest absolute Gasteiger partial charge is 0.493 e. The van der Waals surface area contributed by atoms with Crippen molar-refractivity contribution in [2.24, 2.45) is 11.8 Å². The Morgan fingerprint density at radius 1 is 0.862 bits per heavy atom. The fraction of sp³-hybridized carbons (Fsp3) is 0.423. The Balaban J connectivity index is 0.00000145. The molecule has 1 aromatic heterocycles. The molecule has 3 aromatic rings. The number of ether oxygens (including phenoxy) is 2. The first-order valence-corrected chi connectivity index (χ1v) is 10.7. The molecule has 0 aliphatic heterocycles. The second-order valence-electron chi connectivity index (χ2n) is 7.88. The van der Waals surface area contributed by atoms with E-state index in [2.05, 4.69) is 65.0 Å². The summed E-state index contributed by atoms with van der Waals surface area (Å²) < 4.78 is 12.1. The zero-order valence-electron chi connectivity index (χ0n) is 19.0. The highest BCUT2D eigenvalue weighted by Gasteiger charge is 2.15. The van der Waals surface area contributed by atoms with Crippen LogP contribution in [0.5, 0.6) is 11.5 Å². The van der Waals surface area contributed by atoms with Gasteiger partial charge in [0.25, 0.3) is 0 Å². The molecule has 0 amide bonds. The van der Waals surface area contributed by atoms with Crippen LogP contribution in [0.3, 0.4) is 0 Å². The summed E-state index contributed by atoms with van der Waals surface area (Å²) in [5.41, 5.74) is 3.12. The van der Waals surface area contributed by atoms with E-state index in [1.807, 2.05) is 32.2 Å². The van der Waals surface area contributed by atoms with Crippen molar-refractivity contribution in [2.75, 3.05) is 13.2 Å². The maximum Gasteiger partial charge on any atom is 0.126 e. The molecule has 2 aromatic carbocycles. The van der Waals surface area contributed by atoms with Crippen LogP contribution in [0.4, 0.5) is 0 Å². The number of rotatable bonds is 7. The van der Waals surface area contributed by atoms with E-state index in [-0.39, 0.29) is 0 Å². The summed E-state index contributed by atoms with van der Waals surface area (Å²) in [5.74, 6) is 2.63. The first kappa shape index (κ1) is 22.7. The molecular weight excluding hydrogens is 358 g/mol. The number of aromatic nitrogens is 1. The van der Waals surface area contributed by atoms with Crippen LogP contribution in [0.2, 0.25) is 0 Å². The molecule has 156 valence electrons.